The van der Waals surface area contributed by atoms with Gasteiger partial charge in [0.05, 0.1) is 0 Å². The molecule has 0 atom stereocenters. The maximum absolute atomic E-state index is 5.81. The minimum absolute atomic E-state index is 0.851. The molecule has 0 saturated heterocycles. The van der Waals surface area contributed by atoms with Crippen LogP contribution < -0.4 is 5.73 Å². The van der Waals surface area contributed by atoms with Crippen LogP contribution in [0.2, 0.25) is 0 Å². The van der Waals surface area contributed by atoms with Gasteiger partial charge in [0.2, 0.25) is 0 Å². The molecule has 0 saturated carbocycles. The number of anilines is 1. The number of nitrogen functional groups attached to an aromatic ring is 1. The fourth-order valence-corrected chi connectivity index (χ4v) is 2.23. The van der Waals surface area contributed by atoms with Crippen molar-refractivity contribution >= 4 is 5.69 Å². The van der Waals surface area contributed by atoms with Crippen LogP contribution in [0.1, 0.15) is 18.1 Å². The Morgan fingerprint density at radius 3 is 2.37 bits per heavy atom. The van der Waals surface area contributed by atoms with Gasteiger partial charge in [-0.3, -0.25) is 4.90 Å². The van der Waals surface area contributed by atoms with E-state index in [0.717, 1.165) is 31.7 Å². The van der Waals surface area contributed by atoms with Gasteiger partial charge in [-0.2, -0.15) is 0 Å². The monoisotopic (exact) mass is 254 g/mol. The molecule has 0 heterocycles. The maximum atomic E-state index is 5.81. The van der Waals surface area contributed by atoms with Gasteiger partial charge in [0, 0.05) is 18.8 Å². The second kappa shape index (κ2) is 6.95. The standard InChI is InChI=1S/C17H22N2/c1-2-19(14-16-7-4-3-5-8-16)12-11-15-9-6-10-17(18)13-15/h3-10,13H,2,11-12,14,18H2,1H3. The molecule has 2 aromatic carbocycles. The molecule has 0 spiro atoms. The molecule has 2 heteroatoms. The van der Waals surface area contributed by atoms with Crippen LogP contribution in [0.15, 0.2) is 54.6 Å². The van der Waals surface area contributed by atoms with Crippen molar-refractivity contribution in [2.45, 2.75) is 19.9 Å². The average molecular weight is 254 g/mol. The molecular weight excluding hydrogens is 232 g/mol. The maximum Gasteiger partial charge on any atom is 0.0316 e. The average Bonchev–Trinajstić information content (AvgIpc) is 2.44. The predicted octanol–water partition coefficient (Wildman–Crippen LogP) is 3.33. The smallest absolute Gasteiger partial charge is 0.0316 e. The summed E-state index contributed by atoms with van der Waals surface area (Å²) in [6.45, 7) is 5.36. The third-order valence-electron chi connectivity index (χ3n) is 3.36. The zero-order valence-electron chi connectivity index (χ0n) is 11.5. The summed E-state index contributed by atoms with van der Waals surface area (Å²) in [6.07, 6.45) is 1.05. The number of nitrogens with two attached hydrogens (primary N) is 1. The van der Waals surface area contributed by atoms with E-state index < -0.39 is 0 Å². The van der Waals surface area contributed by atoms with Gasteiger partial charge < -0.3 is 5.73 Å². The molecule has 0 aliphatic rings. The van der Waals surface area contributed by atoms with Gasteiger partial charge in [0.15, 0.2) is 0 Å². The zero-order valence-corrected chi connectivity index (χ0v) is 11.5. The van der Waals surface area contributed by atoms with E-state index in [2.05, 4.69) is 54.3 Å². The molecule has 2 rings (SSSR count). The van der Waals surface area contributed by atoms with Crippen molar-refractivity contribution in [2.75, 3.05) is 18.8 Å². The minimum Gasteiger partial charge on any atom is -0.399 e. The summed E-state index contributed by atoms with van der Waals surface area (Å²) in [5, 5.41) is 0. The second-order valence-corrected chi connectivity index (χ2v) is 4.85. The molecule has 2 nitrogen and oxygen atoms in total. The van der Waals surface area contributed by atoms with Crippen molar-refractivity contribution in [3.05, 3.63) is 65.7 Å². The molecule has 0 aliphatic carbocycles. The summed E-state index contributed by atoms with van der Waals surface area (Å²) in [4.78, 5) is 2.46. The first-order chi connectivity index (χ1) is 9.28. The van der Waals surface area contributed by atoms with Gasteiger partial charge >= 0.3 is 0 Å². The molecule has 2 aromatic rings. The van der Waals surface area contributed by atoms with Gasteiger partial charge in [0.1, 0.15) is 0 Å². The normalized spacial score (nSPS) is 10.8. The lowest BCUT2D eigenvalue weighted by Crippen LogP contribution is -2.25. The first-order valence-corrected chi connectivity index (χ1v) is 6.88. The van der Waals surface area contributed by atoms with Crippen molar-refractivity contribution < 1.29 is 0 Å². The van der Waals surface area contributed by atoms with Gasteiger partial charge in [-0.25, -0.2) is 0 Å². The summed E-state index contributed by atoms with van der Waals surface area (Å²) in [6, 6.07) is 18.8. The van der Waals surface area contributed by atoms with Crippen molar-refractivity contribution in [3.8, 4) is 0 Å². The van der Waals surface area contributed by atoms with Crippen LogP contribution in [0.5, 0.6) is 0 Å². The van der Waals surface area contributed by atoms with Gasteiger partial charge in [-0.05, 0) is 36.2 Å². The molecule has 19 heavy (non-hydrogen) atoms. The third-order valence-corrected chi connectivity index (χ3v) is 3.36. The molecule has 0 aromatic heterocycles. The topological polar surface area (TPSA) is 29.3 Å². The first kappa shape index (κ1) is 13.6. The molecule has 0 bridgehead atoms. The Morgan fingerprint density at radius 1 is 0.947 bits per heavy atom. The first-order valence-electron chi connectivity index (χ1n) is 6.88. The highest BCUT2D eigenvalue weighted by Crippen LogP contribution is 2.09. The third kappa shape index (κ3) is 4.42. The minimum atomic E-state index is 0.851. The Balaban J connectivity index is 1.89. The largest absolute Gasteiger partial charge is 0.399 e. The SMILES string of the molecule is CCN(CCc1cccc(N)c1)Cc1ccccc1. The highest BCUT2D eigenvalue weighted by Gasteiger charge is 2.04. The number of hydrogen-bond donors (Lipinski definition) is 1. The summed E-state index contributed by atoms with van der Waals surface area (Å²) in [5.74, 6) is 0. The van der Waals surface area contributed by atoms with E-state index in [1.807, 2.05) is 12.1 Å². The van der Waals surface area contributed by atoms with Crippen LogP contribution in [0.3, 0.4) is 0 Å². The summed E-state index contributed by atoms with van der Waals surface area (Å²) >= 11 is 0. The van der Waals surface area contributed by atoms with E-state index in [9.17, 15) is 0 Å². The van der Waals surface area contributed by atoms with Crippen molar-refractivity contribution in [1.82, 2.24) is 4.90 Å². The molecule has 0 fully saturated rings. The molecule has 0 aliphatic heterocycles. The second-order valence-electron chi connectivity index (χ2n) is 4.85. The number of nitrogens with zero attached hydrogens (tertiary/aromatic N) is 1. The Morgan fingerprint density at radius 2 is 1.68 bits per heavy atom. The van der Waals surface area contributed by atoms with E-state index in [1.165, 1.54) is 11.1 Å². The Hall–Kier alpha value is -1.80. The lowest BCUT2D eigenvalue weighted by atomic mass is 10.1. The van der Waals surface area contributed by atoms with Crippen LogP contribution in [-0.2, 0) is 13.0 Å². The number of hydrogen-bond acceptors (Lipinski definition) is 2. The van der Waals surface area contributed by atoms with Gasteiger partial charge in [0.25, 0.3) is 0 Å². The Kier molecular flexibility index (Phi) is 4.99. The Bertz CT molecular complexity index is 494. The van der Waals surface area contributed by atoms with Crippen LogP contribution in [0, 0.1) is 0 Å². The fraction of sp³-hybridized carbons (Fsp3) is 0.294. The van der Waals surface area contributed by atoms with Gasteiger partial charge in [-0.15, -0.1) is 0 Å². The van der Waals surface area contributed by atoms with E-state index in [4.69, 9.17) is 5.73 Å². The highest BCUT2D eigenvalue weighted by atomic mass is 15.1. The summed E-state index contributed by atoms with van der Waals surface area (Å²) < 4.78 is 0. The van der Waals surface area contributed by atoms with E-state index in [-0.39, 0.29) is 0 Å². The number of benzene rings is 2. The fourth-order valence-electron chi connectivity index (χ4n) is 2.23. The quantitative estimate of drug-likeness (QED) is 0.801. The lowest BCUT2D eigenvalue weighted by Gasteiger charge is -2.20. The summed E-state index contributed by atoms with van der Waals surface area (Å²) in [5.41, 5.74) is 9.34. The molecule has 2 N–H and O–H groups in total. The van der Waals surface area contributed by atoms with Crippen molar-refractivity contribution in [3.63, 3.8) is 0 Å². The van der Waals surface area contributed by atoms with Crippen LogP contribution in [0.25, 0.3) is 0 Å². The van der Waals surface area contributed by atoms with Crippen LogP contribution in [-0.4, -0.2) is 18.0 Å². The van der Waals surface area contributed by atoms with E-state index in [0.29, 0.717) is 0 Å². The molecular formula is C17H22N2. The zero-order chi connectivity index (χ0) is 13.5. The molecule has 0 unspecified atom stereocenters. The Labute approximate surface area is 115 Å². The lowest BCUT2D eigenvalue weighted by molar-refractivity contribution is 0.283. The van der Waals surface area contributed by atoms with Gasteiger partial charge in [-0.1, -0.05) is 49.4 Å². The molecule has 0 radical (unpaired) electrons. The van der Waals surface area contributed by atoms with Crippen LogP contribution >= 0.6 is 0 Å². The van der Waals surface area contributed by atoms with Crippen LogP contribution in [0.4, 0.5) is 5.69 Å². The van der Waals surface area contributed by atoms with Crippen molar-refractivity contribution in [2.24, 2.45) is 0 Å². The summed E-state index contributed by atoms with van der Waals surface area (Å²) in [7, 11) is 0. The number of likely N-dealkylation sites (N-methyl/N-ethyl adjacent to an activating group) is 1. The van der Waals surface area contributed by atoms with E-state index >= 15 is 0 Å². The van der Waals surface area contributed by atoms with E-state index in [1.54, 1.807) is 0 Å². The molecule has 0 amide bonds. The molecule has 100 valence electrons. The predicted molar refractivity (Wildman–Crippen MR) is 82.0 cm³/mol. The van der Waals surface area contributed by atoms with Crippen molar-refractivity contribution in [1.29, 1.82) is 0 Å². The number of rotatable bonds is 6. The highest BCUT2D eigenvalue weighted by molar-refractivity contribution is 5.40.